The Bertz CT molecular complexity index is 506. The summed E-state index contributed by atoms with van der Waals surface area (Å²) in [5.41, 5.74) is 8.60. The number of carbonyl (C=O) groups excluding carboxylic acids is 1. The Kier molecular flexibility index (Phi) is 2.92. The second-order valence-electron chi connectivity index (χ2n) is 3.56. The monoisotopic (exact) mass is 232 g/mol. The fraction of sp³-hybridized carbons (Fsp3) is 0.0833. The number of anilines is 2. The van der Waals surface area contributed by atoms with Crippen molar-refractivity contribution in [3.63, 3.8) is 0 Å². The maximum atomic E-state index is 11.9. The minimum absolute atomic E-state index is 0.167. The summed E-state index contributed by atoms with van der Waals surface area (Å²) >= 11 is 1.54. The number of hydrogen-bond donors (Lipinski definition) is 2. The van der Waals surface area contributed by atoms with E-state index in [1.165, 1.54) is 11.3 Å². The van der Waals surface area contributed by atoms with E-state index in [-0.39, 0.29) is 5.91 Å². The Morgan fingerprint density at radius 2 is 2.19 bits per heavy atom. The van der Waals surface area contributed by atoms with E-state index in [2.05, 4.69) is 5.32 Å². The van der Waals surface area contributed by atoms with Crippen molar-refractivity contribution in [2.45, 2.75) is 6.92 Å². The summed E-state index contributed by atoms with van der Waals surface area (Å²) in [6.45, 7) is 1.93. The smallest absolute Gasteiger partial charge is 0.257 e. The third-order valence-electron chi connectivity index (χ3n) is 2.23. The van der Waals surface area contributed by atoms with E-state index in [4.69, 9.17) is 5.73 Å². The van der Waals surface area contributed by atoms with Crippen LogP contribution in [0.25, 0.3) is 0 Å². The molecule has 0 spiro atoms. The molecule has 82 valence electrons. The second-order valence-corrected chi connectivity index (χ2v) is 4.34. The van der Waals surface area contributed by atoms with Gasteiger partial charge >= 0.3 is 0 Å². The van der Waals surface area contributed by atoms with Crippen LogP contribution in [-0.4, -0.2) is 5.91 Å². The van der Waals surface area contributed by atoms with E-state index in [0.717, 1.165) is 11.3 Å². The van der Waals surface area contributed by atoms with Crippen molar-refractivity contribution >= 4 is 28.6 Å². The van der Waals surface area contributed by atoms with Gasteiger partial charge in [0.1, 0.15) is 0 Å². The van der Waals surface area contributed by atoms with Crippen LogP contribution in [0.5, 0.6) is 0 Å². The number of aryl methyl sites for hydroxylation is 1. The molecule has 0 unspecified atom stereocenters. The highest BCUT2D eigenvalue weighted by atomic mass is 32.1. The zero-order valence-electron chi connectivity index (χ0n) is 8.86. The standard InChI is InChI=1S/C12H12N2OS/c1-8-2-3-11(13)10(6-8)12(15)14-9-4-5-16-7-9/h2-7H,13H2,1H3,(H,14,15). The molecule has 3 nitrogen and oxygen atoms in total. The van der Waals surface area contributed by atoms with Crippen LogP contribution in [-0.2, 0) is 0 Å². The maximum absolute atomic E-state index is 11.9. The van der Waals surface area contributed by atoms with E-state index in [9.17, 15) is 4.79 Å². The van der Waals surface area contributed by atoms with Crippen LogP contribution >= 0.6 is 11.3 Å². The molecule has 0 saturated carbocycles. The average Bonchev–Trinajstić information content (AvgIpc) is 2.74. The summed E-state index contributed by atoms with van der Waals surface area (Å²) in [6.07, 6.45) is 0. The summed E-state index contributed by atoms with van der Waals surface area (Å²) in [5.74, 6) is -0.167. The van der Waals surface area contributed by atoms with Gasteiger partial charge in [0.2, 0.25) is 0 Å². The zero-order valence-corrected chi connectivity index (χ0v) is 9.67. The third kappa shape index (κ3) is 2.23. The SMILES string of the molecule is Cc1ccc(N)c(C(=O)Nc2ccsc2)c1. The van der Waals surface area contributed by atoms with Crippen LogP contribution in [0, 0.1) is 6.92 Å². The molecule has 0 aliphatic heterocycles. The average molecular weight is 232 g/mol. The Morgan fingerprint density at radius 3 is 2.88 bits per heavy atom. The van der Waals surface area contributed by atoms with E-state index in [0.29, 0.717) is 11.3 Å². The molecule has 0 bridgehead atoms. The van der Waals surface area contributed by atoms with Gasteiger partial charge in [-0.05, 0) is 30.5 Å². The number of nitrogen functional groups attached to an aromatic ring is 1. The van der Waals surface area contributed by atoms with Gasteiger partial charge < -0.3 is 11.1 Å². The molecule has 4 heteroatoms. The van der Waals surface area contributed by atoms with Crippen LogP contribution in [0.2, 0.25) is 0 Å². The van der Waals surface area contributed by atoms with Crippen molar-refractivity contribution in [3.05, 3.63) is 46.2 Å². The molecule has 0 aliphatic carbocycles. The van der Waals surface area contributed by atoms with Gasteiger partial charge in [0.05, 0.1) is 11.3 Å². The van der Waals surface area contributed by atoms with Crippen molar-refractivity contribution in [1.29, 1.82) is 0 Å². The lowest BCUT2D eigenvalue weighted by Crippen LogP contribution is -2.13. The summed E-state index contributed by atoms with van der Waals surface area (Å²) in [7, 11) is 0. The lowest BCUT2D eigenvalue weighted by molar-refractivity contribution is 0.102. The molecule has 0 fully saturated rings. The quantitative estimate of drug-likeness (QED) is 0.782. The van der Waals surface area contributed by atoms with Crippen LogP contribution < -0.4 is 11.1 Å². The molecule has 3 N–H and O–H groups in total. The van der Waals surface area contributed by atoms with Gasteiger partial charge in [-0.15, -0.1) is 0 Å². The van der Waals surface area contributed by atoms with Crippen LogP contribution in [0.3, 0.4) is 0 Å². The molecule has 1 amide bonds. The maximum Gasteiger partial charge on any atom is 0.257 e. The van der Waals surface area contributed by atoms with E-state index in [1.807, 2.05) is 29.8 Å². The molecule has 1 heterocycles. The molecule has 0 saturated heterocycles. The molecular weight excluding hydrogens is 220 g/mol. The Morgan fingerprint density at radius 1 is 1.38 bits per heavy atom. The summed E-state index contributed by atoms with van der Waals surface area (Å²) < 4.78 is 0. The van der Waals surface area contributed by atoms with Crippen molar-refractivity contribution < 1.29 is 4.79 Å². The molecular formula is C12H12N2OS. The van der Waals surface area contributed by atoms with Crippen LogP contribution in [0.4, 0.5) is 11.4 Å². The highest BCUT2D eigenvalue weighted by Crippen LogP contribution is 2.17. The van der Waals surface area contributed by atoms with Gasteiger partial charge in [-0.1, -0.05) is 11.6 Å². The number of amides is 1. The van der Waals surface area contributed by atoms with E-state index in [1.54, 1.807) is 12.1 Å². The fourth-order valence-electron chi connectivity index (χ4n) is 1.40. The highest BCUT2D eigenvalue weighted by Gasteiger charge is 2.09. The van der Waals surface area contributed by atoms with Crippen molar-refractivity contribution in [3.8, 4) is 0 Å². The summed E-state index contributed by atoms with van der Waals surface area (Å²) in [6, 6.07) is 7.28. The van der Waals surface area contributed by atoms with Gasteiger partial charge in [-0.3, -0.25) is 4.79 Å². The van der Waals surface area contributed by atoms with Crippen molar-refractivity contribution in [2.24, 2.45) is 0 Å². The molecule has 0 aliphatic rings. The minimum Gasteiger partial charge on any atom is -0.398 e. The fourth-order valence-corrected chi connectivity index (χ4v) is 1.99. The summed E-state index contributed by atoms with van der Waals surface area (Å²) in [4.78, 5) is 11.9. The molecule has 0 atom stereocenters. The van der Waals surface area contributed by atoms with Crippen LogP contribution in [0.1, 0.15) is 15.9 Å². The van der Waals surface area contributed by atoms with Gasteiger partial charge in [0, 0.05) is 11.1 Å². The largest absolute Gasteiger partial charge is 0.398 e. The predicted octanol–water partition coefficient (Wildman–Crippen LogP) is 2.89. The van der Waals surface area contributed by atoms with E-state index < -0.39 is 0 Å². The summed E-state index contributed by atoms with van der Waals surface area (Å²) in [5, 5.41) is 6.59. The highest BCUT2D eigenvalue weighted by molar-refractivity contribution is 7.08. The molecule has 0 radical (unpaired) electrons. The number of benzene rings is 1. The lowest BCUT2D eigenvalue weighted by atomic mass is 10.1. The van der Waals surface area contributed by atoms with Gasteiger partial charge in [-0.25, -0.2) is 0 Å². The first-order valence-corrected chi connectivity index (χ1v) is 5.81. The lowest BCUT2D eigenvalue weighted by Gasteiger charge is -2.06. The topological polar surface area (TPSA) is 55.1 Å². The Labute approximate surface area is 97.9 Å². The number of rotatable bonds is 2. The Hall–Kier alpha value is -1.81. The normalized spacial score (nSPS) is 10.1. The Balaban J connectivity index is 2.24. The number of nitrogens with two attached hydrogens (primary N) is 1. The molecule has 2 aromatic rings. The van der Waals surface area contributed by atoms with Crippen molar-refractivity contribution in [1.82, 2.24) is 0 Å². The molecule has 16 heavy (non-hydrogen) atoms. The molecule has 1 aromatic carbocycles. The predicted molar refractivity (Wildman–Crippen MR) is 67.9 cm³/mol. The van der Waals surface area contributed by atoms with Crippen LogP contribution in [0.15, 0.2) is 35.0 Å². The second kappa shape index (κ2) is 4.37. The third-order valence-corrected chi connectivity index (χ3v) is 2.92. The van der Waals surface area contributed by atoms with E-state index >= 15 is 0 Å². The number of hydrogen-bond acceptors (Lipinski definition) is 3. The molecule has 1 aromatic heterocycles. The zero-order chi connectivity index (χ0) is 11.5. The van der Waals surface area contributed by atoms with Crippen molar-refractivity contribution in [2.75, 3.05) is 11.1 Å². The number of carbonyl (C=O) groups is 1. The number of nitrogens with one attached hydrogen (secondary N) is 1. The van der Waals surface area contributed by atoms with Gasteiger partial charge in [-0.2, -0.15) is 11.3 Å². The number of thiophene rings is 1. The van der Waals surface area contributed by atoms with Gasteiger partial charge in [0.25, 0.3) is 5.91 Å². The first-order chi connectivity index (χ1) is 7.66. The van der Waals surface area contributed by atoms with Gasteiger partial charge in [0.15, 0.2) is 0 Å². The minimum atomic E-state index is -0.167. The first kappa shape index (κ1) is 10.7. The molecule has 2 rings (SSSR count). The first-order valence-electron chi connectivity index (χ1n) is 4.86.